The van der Waals surface area contributed by atoms with Gasteiger partial charge in [0, 0.05) is 23.6 Å². The fraction of sp³-hybridized carbons (Fsp3) is 0.278. The molecule has 2 unspecified atom stereocenters. The van der Waals surface area contributed by atoms with Gasteiger partial charge in [0.1, 0.15) is 11.6 Å². The van der Waals surface area contributed by atoms with Crippen LogP contribution in [0.2, 0.25) is 0 Å². The number of nitrogens with one attached hydrogen (secondary N) is 1. The summed E-state index contributed by atoms with van der Waals surface area (Å²) in [5.74, 6) is 0.263. The van der Waals surface area contributed by atoms with Crippen molar-refractivity contribution >= 4 is 22.7 Å². The van der Waals surface area contributed by atoms with Crippen LogP contribution in [0.25, 0.3) is 0 Å². The van der Waals surface area contributed by atoms with Crippen LogP contribution < -0.4 is 9.46 Å². The first kappa shape index (κ1) is 17.6. The lowest BCUT2D eigenvalue weighted by molar-refractivity contribution is 0.0840. The number of fused-ring (bicyclic) bond motifs is 1. The minimum Gasteiger partial charge on any atom is -0.466 e. The highest BCUT2D eigenvalue weighted by molar-refractivity contribution is 7.80. The van der Waals surface area contributed by atoms with Crippen molar-refractivity contribution in [3.63, 3.8) is 0 Å². The molecule has 1 aliphatic heterocycles. The second-order valence-electron chi connectivity index (χ2n) is 6.06. The van der Waals surface area contributed by atoms with Crippen LogP contribution in [-0.2, 0) is 11.3 Å². The molecule has 1 aliphatic rings. The molecule has 0 radical (unpaired) electrons. The van der Waals surface area contributed by atoms with E-state index in [2.05, 4.69) is 4.72 Å². The summed E-state index contributed by atoms with van der Waals surface area (Å²) in [6, 6.07) is 11.3. The molecule has 0 bridgehead atoms. The summed E-state index contributed by atoms with van der Waals surface area (Å²) in [7, 11) is 0. The van der Waals surface area contributed by atoms with Gasteiger partial charge in [-0.2, -0.15) is 0 Å². The minimum atomic E-state index is -2.16. The largest absolute Gasteiger partial charge is 0.466 e. The SMILES string of the molecule is CCCC1(C)N=C(c2ccc(F)cc2)c2ccc(NS(=O)O)cc2O1. The van der Waals surface area contributed by atoms with Crippen LogP contribution >= 0.6 is 0 Å². The third-order valence-corrected chi connectivity index (χ3v) is 4.36. The van der Waals surface area contributed by atoms with Gasteiger partial charge in [-0.25, -0.2) is 13.6 Å². The Kier molecular flexibility index (Phi) is 4.87. The number of hydrogen-bond donors (Lipinski definition) is 2. The first-order valence-electron chi connectivity index (χ1n) is 7.97. The molecule has 0 fully saturated rings. The van der Waals surface area contributed by atoms with Crippen molar-refractivity contribution in [1.29, 1.82) is 0 Å². The van der Waals surface area contributed by atoms with E-state index in [1.54, 1.807) is 30.3 Å². The van der Waals surface area contributed by atoms with Gasteiger partial charge in [0.15, 0.2) is 5.72 Å². The molecule has 1 heterocycles. The third-order valence-electron chi connectivity index (χ3n) is 3.95. The fourth-order valence-corrected chi connectivity index (χ4v) is 3.25. The first-order chi connectivity index (χ1) is 11.9. The van der Waals surface area contributed by atoms with E-state index in [0.29, 0.717) is 23.6 Å². The molecule has 0 spiro atoms. The van der Waals surface area contributed by atoms with Gasteiger partial charge in [-0.15, -0.1) is 0 Å². The van der Waals surface area contributed by atoms with Crippen LogP contribution in [0.15, 0.2) is 47.5 Å². The molecule has 5 nitrogen and oxygen atoms in total. The van der Waals surface area contributed by atoms with Crippen LogP contribution in [-0.4, -0.2) is 20.2 Å². The number of halogens is 1. The smallest absolute Gasteiger partial charge is 0.259 e. The van der Waals surface area contributed by atoms with Gasteiger partial charge in [0.05, 0.1) is 11.4 Å². The van der Waals surface area contributed by atoms with E-state index >= 15 is 0 Å². The predicted octanol–water partition coefficient (Wildman–Crippen LogP) is 4.12. The number of nitrogens with zero attached hydrogens (tertiary/aromatic N) is 1. The second kappa shape index (κ2) is 6.93. The number of anilines is 1. The van der Waals surface area contributed by atoms with Crippen molar-refractivity contribution in [2.45, 2.75) is 32.4 Å². The van der Waals surface area contributed by atoms with Crippen LogP contribution in [0.1, 0.15) is 37.8 Å². The number of ether oxygens (including phenoxy) is 1. The Balaban J connectivity index is 2.10. The highest BCUT2D eigenvalue weighted by atomic mass is 32.2. The van der Waals surface area contributed by atoms with Crippen molar-refractivity contribution in [3.05, 3.63) is 59.4 Å². The van der Waals surface area contributed by atoms with Gasteiger partial charge in [0.25, 0.3) is 11.3 Å². The minimum absolute atomic E-state index is 0.307. The summed E-state index contributed by atoms with van der Waals surface area (Å²) in [5, 5.41) is 0. The van der Waals surface area contributed by atoms with E-state index < -0.39 is 17.0 Å². The highest BCUT2D eigenvalue weighted by Gasteiger charge is 2.32. The highest BCUT2D eigenvalue weighted by Crippen LogP contribution is 2.36. The van der Waals surface area contributed by atoms with Crippen molar-refractivity contribution in [2.24, 2.45) is 4.99 Å². The van der Waals surface area contributed by atoms with E-state index in [1.165, 1.54) is 12.1 Å². The lowest BCUT2D eigenvalue weighted by Crippen LogP contribution is -2.35. The van der Waals surface area contributed by atoms with Gasteiger partial charge in [-0.05, 0) is 43.3 Å². The Morgan fingerprint density at radius 1 is 1.28 bits per heavy atom. The molecule has 25 heavy (non-hydrogen) atoms. The summed E-state index contributed by atoms with van der Waals surface area (Å²) < 4.78 is 41.8. The number of rotatable bonds is 5. The normalized spacial score (nSPS) is 20.2. The fourth-order valence-electron chi connectivity index (χ4n) is 2.92. The number of aliphatic imine (C=N–C) groups is 1. The molecule has 2 atom stereocenters. The summed E-state index contributed by atoms with van der Waals surface area (Å²) >= 11 is -2.16. The van der Waals surface area contributed by atoms with Crippen LogP contribution in [0.4, 0.5) is 10.1 Å². The first-order valence-corrected chi connectivity index (χ1v) is 9.07. The zero-order valence-corrected chi connectivity index (χ0v) is 14.8. The zero-order valence-electron chi connectivity index (χ0n) is 14.0. The van der Waals surface area contributed by atoms with Gasteiger partial charge >= 0.3 is 0 Å². The van der Waals surface area contributed by atoms with Crippen molar-refractivity contribution < 1.29 is 17.9 Å². The van der Waals surface area contributed by atoms with Gasteiger partial charge in [0.2, 0.25) is 0 Å². The zero-order chi connectivity index (χ0) is 18.0. The number of benzene rings is 2. The van der Waals surface area contributed by atoms with Gasteiger partial charge < -0.3 is 4.74 Å². The van der Waals surface area contributed by atoms with Crippen LogP contribution in [0.3, 0.4) is 0 Å². The van der Waals surface area contributed by atoms with Crippen molar-refractivity contribution in [1.82, 2.24) is 0 Å². The molecular weight excluding hydrogens is 343 g/mol. The van der Waals surface area contributed by atoms with Gasteiger partial charge in [-0.1, -0.05) is 13.3 Å². The molecular formula is C18H19FN2O3S. The molecule has 0 aromatic heterocycles. The standard InChI is InChI=1S/C18H19FN2O3S/c1-3-10-18(2)20-17(12-4-6-13(19)7-5-12)15-9-8-14(21-25(22)23)11-16(15)24-18/h4-9,11,21H,3,10H2,1-2H3,(H,22,23). The topological polar surface area (TPSA) is 70.9 Å². The number of hydrogen-bond acceptors (Lipinski definition) is 3. The molecule has 2 aromatic carbocycles. The van der Waals surface area contributed by atoms with Crippen molar-refractivity contribution in [2.75, 3.05) is 4.72 Å². The Morgan fingerprint density at radius 3 is 2.64 bits per heavy atom. The Morgan fingerprint density at radius 2 is 2.00 bits per heavy atom. The molecule has 3 rings (SSSR count). The van der Waals surface area contributed by atoms with Crippen LogP contribution in [0.5, 0.6) is 5.75 Å². The second-order valence-corrected chi connectivity index (χ2v) is 6.76. The Hall–Kier alpha value is -2.25. The van der Waals surface area contributed by atoms with Gasteiger partial charge in [-0.3, -0.25) is 9.27 Å². The third kappa shape index (κ3) is 3.88. The lowest BCUT2D eigenvalue weighted by Gasteiger charge is -2.33. The van der Waals surface area contributed by atoms with E-state index in [1.807, 2.05) is 13.8 Å². The molecule has 0 saturated carbocycles. The maximum atomic E-state index is 13.3. The summed E-state index contributed by atoms with van der Waals surface area (Å²) in [4.78, 5) is 4.78. The van der Waals surface area contributed by atoms with E-state index in [9.17, 15) is 8.60 Å². The maximum Gasteiger partial charge on any atom is 0.259 e. The molecule has 7 heteroatoms. The quantitative estimate of drug-likeness (QED) is 0.786. The molecule has 2 N–H and O–H groups in total. The Bertz CT molecular complexity index is 839. The lowest BCUT2D eigenvalue weighted by atomic mass is 9.97. The van der Waals surface area contributed by atoms with E-state index in [4.69, 9.17) is 14.3 Å². The Labute approximate surface area is 148 Å². The summed E-state index contributed by atoms with van der Waals surface area (Å²) in [6.07, 6.45) is 1.59. The van der Waals surface area contributed by atoms with Crippen molar-refractivity contribution in [3.8, 4) is 5.75 Å². The monoisotopic (exact) mass is 362 g/mol. The molecule has 0 amide bonds. The average Bonchev–Trinajstić information content (AvgIpc) is 2.54. The predicted molar refractivity (Wildman–Crippen MR) is 96.8 cm³/mol. The molecule has 132 valence electrons. The van der Waals surface area contributed by atoms with Crippen LogP contribution in [0, 0.1) is 5.82 Å². The molecule has 0 aliphatic carbocycles. The molecule has 0 saturated heterocycles. The van der Waals surface area contributed by atoms with E-state index in [-0.39, 0.29) is 5.82 Å². The summed E-state index contributed by atoms with van der Waals surface area (Å²) in [5.41, 5.74) is 1.99. The average molecular weight is 362 g/mol. The maximum absolute atomic E-state index is 13.3. The summed E-state index contributed by atoms with van der Waals surface area (Å²) in [6.45, 7) is 3.94. The molecule has 2 aromatic rings. The van der Waals surface area contributed by atoms with E-state index in [0.717, 1.165) is 17.5 Å².